The number of ketones is 1. The van der Waals surface area contributed by atoms with Crippen molar-refractivity contribution in [1.29, 1.82) is 0 Å². The van der Waals surface area contributed by atoms with Crippen LogP contribution >= 0.6 is 23.2 Å². The van der Waals surface area contributed by atoms with E-state index in [2.05, 4.69) is 19.9 Å². The van der Waals surface area contributed by atoms with E-state index in [1.54, 1.807) is 55.5 Å². The summed E-state index contributed by atoms with van der Waals surface area (Å²) in [6.07, 6.45) is -0.149. The van der Waals surface area contributed by atoms with Gasteiger partial charge >= 0.3 is 10.4 Å². The molecule has 0 aliphatic heterocycles. The van der Waals surface area contributed by atoms with Gasteiger partial charge in [0, 0.05) is 27.6 Å². The zero-order chi connectivity index (χ0) is 31.2. The summed E-state index contributed by atoms with van der Waals surface area (Å²) in [5.41, 5.74) is 0.888. The topological polar surface area (TPSA) is 217 Å². The van der Waals surface area contributed by atoms with E-state index in [-0.39, 0.29) is 29.2 Å². The SMILES string of the molecule is CC(=O)Cc1c(O)nc(-c2cccc(Cl)c2)[nH]c1=O.Cc1cc2c(=O)[nH]c(-c3cccc(Cl)c3)nc2o1.O=S(=O)(O)O. The van der Waals surface area contributed by atoms with Crippen molar-refractivity contribution in [2.75, 3.05) is 0 Å². The van der Waals surface area contributed by atoms with Gasteiger partial charge in [-0.2, -0.15) is 18.4 Å². The van der Waals surface area contributed by atoms with E-state index in [9.17, 15) is 19.5 Å². The molecule has 0 saturated heterocycles. The smallest absolute Gasteiger partial charge is 0.394 e. The molecule has 5 N–H and O–H groups in total. The average Bonchev–Trinajstić information content (AvgIpc) is 3.26. The van der Waals surface area contributed by atoms with Gasteiger partial charge in [-0.15, -0.1) is 0 Å². The van der Waals surface area contributed by atoms with Crippen LogP contribution in [0.1, 0.15) is 18.2 Å². The van der Waals surface area contributed by atoms with Crippen LogP contribution in [0.25, 0.3) is 33.9 Å². The maximum atomic E-state index is 11.9. The Hall–Kier alpha value is -4.34. The van der Waals surface area contributed by atoms with E-state index in [4.69, 9.17) is 45.1 Å². The quantitative estimate of drug-likeness (QED) is 0.174. The number of H-pyrrole nitrogens is 2. The second kappa shape index (κ2) is 13.5. The molecule has 42 heavy (non-hydrogen) atoms. The van der Waals surface area contributed by atoms with Crippen LogP contribution in [0.4, 0.5) is 0 Å². The van der Waals surface area contributed by atoms with Crippen LogP contribution < -0.4 is 11.1 Å². The van der Waals surface area contributed by atoms with Gasteiger partial charge in [0.2, 0.25) is 11.6 Å². The predicted molar refractivity (Wildman–Crippen MR) is 155 cm³/mol. The maximum absolute atomic E-state index is 11.9. The number of aryl methyl sites for hydroxylation is 1. The predicted octanol–water partition coefficient (Wildman–Crippen LogP) is 4.42. The zero-order valence-electron chi connectivity index (χ0n) is 21.8. The van der Waals surface area contributed by atoms with Crippen molar-refractivity contribution in [3.05, 3.63) is 96.7 Å². The summed E-state index contributed by atoms with van der Waals surface area (Å²) in [6.45, 7) is 3.12. The number of hydrogen-bond acceptors (Lipinski definition) is 9. The van der Waals surface area contributed by atoms with Crippen molar-refractivity contribution in [2.45, 2.75) is 20.3 Å². The number of hydrogen-bond donors (Lipinski definition) is 5. The molecule has 2 aromatic carbocycles. The monoisotopic (exact) mass is 636 g/mol. The van der Waals surface area contributed by atoms with Crippen LogP contribution in [-0.4, -0.2) is 48.3 Å². The third kappa shape index (κ3) is 9.36. The largest absolute Gasteiger partial charge is 0.493 e. The molecule has 0 spiro atoms. The lowest BCUT2D eigenvalue weighted by Crippen LogP contribution is -2.17. The molecule has 13 nitrogen and oxygen atoms in total. The highest BCUT2D eigenvalue weighted by Gasteiger charge is 2.14. The van der Waals surface area contributed by atoms with Crippen molar-refractivity contribution in [3.8, 4) is 28.7 Å². The molecule has 5 rings (SSSR count). The molecule has 0 amide bonds. The lowest BCUT2D eigenvalue weighted by Gasteiger charge is -2.05. The van der Waals surface area contributed by atoms with Crippen LogP contribution in [0.3, 0.4) is 0 Å². The third-order valence-corrected chi connectivity index (χ3v) is 5.61. The van der Waals surface area contributed by atoms with Crippen LogP contribution in [0, 0.1) is 6.92 Å². The van der Waals surface area contributed by atoms with Crippen molar-refractivity contribution in [3.63, 3.8) is 0 Å². The fraction of sp³-hybridized carbons (Fsp3) is 0.115. The van der Waals surface area contributed by atoms with Gasteiger partial charge in [0.1, 0.15) is 28.6 Å². The summed E-state index contributed by atoms with van der Waals surface area (Å²) >= 11 is 11.8. The van der Waals surface area contributed by atoms with E-state index in [0.29, 0.717) is 38.3 Å². The van der Waals surface area contributed by atoms with Crippen molar-refractivity contribution >= 4 is 50.5 Å². The number of carbonyl (C=O) groups is 1. The van der Waals surface area contributed by atoms with Crippen LogP contribution in [0.2, 0.25) is 10.0 Å². The Bertz CT molecular complexity index is 1980. The highest BCUT2D eigenvalue weighted by Crippen LogP contribution is 2.22. The number of furan rings is 1. The minimum atomic E-state index is -4.67. The van der Waals surface area contributed by atoms with E-state index in [0.717, 1.165) is 5.56 Å². The van der Waals surface area contributed by atoms with Gasteiger partial charge in [0.05, 0.1) is 5.56 Å². The Labute approximate surface area is 247 Å². The molecule has 0 saturated carbocycles. The number of benzene rings is 2. The molecule has 0 atom stereocenters. The van der Waals surface area contributed by atoms with E-state index in [1.807, 2.05) is 6.07 Å². The summed E-state index contributed by atoms with van der Waals surface area (Å²) in [6, 6.07) is 15.5. The number of aromatic hydroxyl groups is 1. The highest BCUT2D eigenvalue weighted by molar-refractivity contribution is 7.79. The lowest BCUT2D eigenvalue weighted by molar-refractivity contribution is -0.116. The van der Waals surface area contributed by atoms with Gasteiger partial charge in [0.15, 0.2) is 0 Å². The van der Waals surface area contributed by atoms with Gasteiger partial charge in [-0.05, 0) is 44.2 Å². The number of halogens is 2. The fourth-order valence-corrected chi connectivity index (χ4v) is 3.87. The first kappa shape index (κ1) is 32.2. The van der Waals surface area contributed by atoms with Crippen molar-refractivity contribution in [2.24, 2.45) is 0 Å². The molecule has 0 aliphatic rings. The Morgan fingerprint density at radius 2 is 1.40 bits per heavy atom. The molecular formula is C26H22Cl2N4O9S. The number of fused-ring (bicyclic) bond motifs is 1. The fourth-order valence-electron chi connectivity index (χ4n) is 3.49. The lowest BCUT2D eigenvalue weighted by atomic mass is 10.1. The number of aromatic nitrogens is 4. The number of nitrogens with zero attached hydrogens (tertiary/aromatic N) is 2. The minimum absolute atomic E-state index is 0.0294. The molecular weight excluding hydrogens is 615 g/mol. The molecule has 16 heteroatoms. The summed E-state index contributed by atoms with van der Waals surface area (Å²) < 4.78 is 37.0. The van der Waals surface area contributed by atoms with Gasteiger partial charge in [-0.3, -0.25) is 23.5 Å². The molecule has 0 fully saturated rings. The van der Waals surface area contributed by atoms with Crippen LogP contribution in [0.15, 0.2) is 68.6 Å². The Morgan fingerprint density at radius 3 is 1.88 bits per heavy atom. The minimum Gasteiger partial charge on any atom is -0.493 e. The number of carbonyl (C=O) groups excluding carboxylic acids is 1. The summed E-state index contributed by atoms with van der Waals surface area (Å²) in [5.74, 6) is 0.653. The van der Waals surface area contributed by atoms with E-state index >= 15 is 0 Å². The van der Waals surface area contributed by atoms with E-state index in [1.165, 1.54) is 6.92 Å². The molecule has 0 unspecified atom stereocenters. The standard InChI is InChI=1S/C13H11ClN2O3.C13H9ClN2O2.H2O4S/c1-7(17)5-10-12(18)15-11(16-13(10)19)8-3-2-4-9(14)6-8;1-7-5-10-12(17)15-11(16-13(10)18-7)8-3-2-4-9(14)6-8;1-5(2,3)4/h2-4,6H,5H2,1H3,(H2,15,16,18,19);2-6H,1H3,(H,15,16,17);(H2,1,2,3,4). The number of nitrogens with one attached hydrogen (secondary N) is 2. The zero-order valence-corrected chi connectivity index (χ0v) is 24.1. The number of Topliss-reactive ketones (excluding diaryl/α,β-unsaturated/α-hetero) is 1. The first-order chi connectivity index (χ1) is 19.6. The van der Waals surface area contributed by atoms with Gasteiger partial charge in [0.25, 0.3) is 11.1 Å². The number of aromatic amines is 2. The molecule has 0 bridgehead atoms. The molecule has 3 heterocycles. The van der Waals surface area contributed by atoms with Gasteiger partial charge in [-0.1, -0.05) is 47.5 Å². The molecule has 5 aromatic rings. The molecule has 0 aliphatic carbocycles. The Morgan fingerprint density at radius 1 is 0.905 bits per heavy atom. The second-order valence-corrected chi connectivity index (χ2v) is 10.3. The normalized spacial score (nSPS) is 10.8. The summed E-state index contributed by atoms with van der Waals surface area (Å²) in [4.78, 5) is 48.1. The van der Waals surface area contributed by atoms with E-state index < -0.39 is 21.8 Å². The molecule has 220 valence electrons. The Kier molecular flexibility index (Phi) is 10.4. The van der Waals surface area contributed by atoms with Crippen LogP contribution in [0.5, 0.6) is 5.88 Å². The first-order valence-electron chi connectivity index (χ1n) is 11.6. The first-order valence-corrected chi connectivity index (χ1v) is 13.8. The summed E-state index contributed by atoms with van der Waals surface area (Å²) in [5, 5.41) is 11.3. The van der Waals surface area contributed by atoms with Crippen molar-refractivity contribution in [1.82, 2.24) is 19.9 Å². The second-order valence-electron chi connectivity index (χ2n) is 8.55. The highest BCUT2D eigenvalue weighted by atomic mass is 35.5. The van der Waals surface area contributed by atoms with Crippen LogP contribution in [-0.2, 0) is 21.6 Å². The number of rotatable bonds is 4. The Balaban J connectivity index is 0.000000199. The maximum Gasteiger partial charge on any atom is 0.394 e. The average molecular weight is 637 g/mol. The van der Waals surface area contributed by atoms with Gasteiger partial charge in [-0.25, -0.2) is 0 Å². The van der Waals surface area contributed by atoms with Crippen molar-refractivity contribution < 1.29 is 31.8 Å². The molecule has 0 radical (unpaired) electrons. The molecule has 3 aromatic heterocycles. The van der Waals surface area contributed by atoms with Gasteiger partial charge < -0.3 is 19.5 Å². The third-order valence-electron chi connectivity index (χ3n) is 5.14. The summed E-state index contributed by atoms with van der Waals surface area (Å²) in [7, 11) is -4.67.